The molecule has 5 aliphatic rings. The van der Waals surface area contributed by atoms with Crippen LogP contribution in [0.15, 0.2) is 49.2 Å². The molecule has 4 aromatic heterocycles. The second kappa shape index (κ2) is 8.09. The van der Waals surface area contributed by atoms with Gasteiger partial charge in [0.2, 0.25) is 0 Å². The molecule has 38 heavy (non-hydrogen) atoms. The SMILES string of the molecule is FC12CC(CNCc3ccc4nc(Cn5cc(-c6cncc(N7CCC8(CCC8)C7)c6)nn5)cn4c3)(C1)C2. The van der Waals surface area contributed by atoms with Crippen LogP contribution in [0.1, 0.15) is 56.2 Å². The minimum atomic E-state index is -0.827. The Bertz CT molecular complexity index is 1500. The maximum absolute atomic E-state index is 13.7. The van der Waals surface area contributed by atoms with E-state index in [2.05, 4.69) is 54.4 Å². The standard InChI is InChI=1S/C29H33FN8/c30-29-16-28(17-29,18-29)19-32-9-21-2-3-26-33-23(13-37(26)12-21)14-38-15-25(34-35-38)22-8-24(11-31-10-22)36-7-6-27(20-36)4-1-5-27/h2-3,8,10-13,15,32H,1,4-7,9,14,16-20H2. The van der Waals surface area contributed by atoms with Crippen molar-refractivity contribution < 1.29 is 4.39 Å². The van der Waals surface area contributed by atoms with Crippen molar-refractivity contribution in [1.82, 2.24) is 34.7 Å². The summed E-state index contributed by atoms with van der Waals surface area (Å²) in [6.45, 7) is 4.50. The van der Waals surface area contributed by atoms with E-state index in [9.17, 15) is 4.39 Å². The number of alkyl halides is 1. The van der Waals surface area contributed by atoms with Crippen molar-refractivity contribution in [3.05, 3.63) is 60.4 Å². The van der Waals surface area contributed by atoms with Crippen molar-refractivity contribution in [2.75, 3.05) is 24.5 Å². The number of halogens is 1. The smallest absolute Gasteiger partial charge is 0.137 e. The van der Waals surface area contributed by atoms with Gasteiger partial charge in [-0.3, -0.25) is 4.98 Å². The lowest BCUT2D eigenvalue weighted by Crippen LogP contribution is -2.67. The number of anilines is 1. The molecule has 4 aromatic rings. The second-order valence-corrected chi connectivity index (χ2v) is 12.6. The van der Waals surface area contributed by atoms with Crippen LogP contribution in [0.4, 0.5) is 10.1 Å². The quantitative estimate of drug-likeness (QED) is 0.377. The van der Waals surface area contributed by atoms with Gasteiger partial charge in [0.25, 0.3) is 0 Å². The predicted octanol–water partition coefficient (Wildman–Crippen LogP) is 4.40. The summed E-state index contributed by atoms with van der Waals surface area (Å²) in [7, 11) is 0. The first-order valence-corrected chi connectivity index (χ1v) is 13.9. The van der Waals surface area contributed by atoms with Crippen LogP contribution in [0, 0.1) is 10.8 Å². The summed E-state index contributed by atoms with van der Waals surface area (Å²) < 4.78 is 17.7. The van der Waals surface area contributed by atoms with Gasteiger partial charge in [-0.05, 0) is 67.1 Å². The van der Waals surface area contributed by atoms with Crippen LogP contribution in [-0.2, 0) is 13.1 Å². The van der Waals surface area contributed by atoms with Gasteiger partial charge in [0, 0.05) is 50.3 Å². The minimum absolute atomic E-state index is 0.224. The molecule has 5 fully saturated rings. The third-order valence-corrected chi connectivity index (χ3v) is 9.57. The Labute approximate surface area is 221 Å². The maximum atomic E-state index is 13.7. The molecule has 1 aliphatic heterocycles. The predicted molar refractivity (Wildman–Crippen MR) is 142 cm³/mol. The minimum Gasteiger partial charge on any atom is -0.370 e. The fourth-order valence-electron chi connectivity index (χ4n) is 7.45. The lowest BCUT2D eigenvalue weighted by Gasteiger charge is -2.66. The van der Waals surface area contributed by atoms with E-state index in [1.54, 1.807) is 0 Å². The van der Waals surface area contributed by atoms with Gasteiger partial charge in [0.05, 0.1) is 30.3 Å². The lowest BCUT2D eigenvalue weighted by molar-refractivity contribution is -0.209. The van der Waals surface area contributed by atoms with E-state index in [1.165, 1.54) is 36.9 Å². The van der Waals surface area contributed by atoms with Crippen LogP contribution in [0.5, 0.6) is 0 Å². The lowest BCUT2D eigenvalue weighted by atomic mass is 9.42. The van der Waals surface area contributed by atoms with Crippen molar-refractivity contribution in [2.24, 2.45) is 10.8 Å². The molecule has 2 bridgehead atoms. The first-order chi connectivity index (χ1) is 18.5. The van der Waals surface area contributed by atoms with Gasteiger partial charge < -0.3 is 14.6 Å². The van der Waals surface area contributed by atoms with Crippen LogP contribution in [0.3, 0.4) is 0 Å². The molecule has 196 valence electrons. The number of imidazole rings is 1. The zero-order valence-corrected chi connectivity index (χ0v) is 21.6. The fraction of sp³-hybridized carbons (Fsp3) is 0.517. The van der Waals surface area contributed by atoms with Crippen molar-refractivity contribution in [3.8, 4) is 11.3 Å². The molecule has 8 nitrogen and oxygen atoms in total. The largest absolute Gasteiger partial charge is 0.370 e. The number of rotatable bonds is 8. The van der Waals surface area contributed by atoms with E-state index in [1.807, 2.05) is 29.3 Å². The Morgan fingerprint density at radius 1 is 1.03 bits per heavy atom. The number of hydrogen-bond donors (Lipinski definition) is 1. The van der Waals surface area contributed by atoms with Crippen molar-refractivity contribution in [2.45, 2.75) is 63.7 Å². The topological polar surface area (TPSA) is 76.2 Å². The number of pyridine rings is 2. The highest BCUT2D eigenvalue weighted by molar-refractivity contribution is 5.63. The highest BCUT2D eigenvalue weighted by atomic mass is 19.1. The van der Waals surface area contributed by atoms with E-state index in [0.717, 1.165) is 68.0 Å². The molecule has 1 N–H and O–H groups in total. The average Bonchev–Trinajstić information content (AvgIpc) is 3.60. The van der Waals surface area contributed by atoms with Crippen LogP contribution >= 0.6 is 0 Å². The van der Waals surface area contributed by atoms with Gasteiger partial charge in [-0.15, -0.1) is 5.10 Å². The fourth-order valence-corrected chi connectivity index (χ4v) is 7.45. The van der Waals surface area contributed by atoms with Crippen LogP contribution in [0.2, 0.25) is 0 Å². The number of aromatic nitrogens is 6. The molecule has 9 rings (SSSR count). The first kappa shape index (κ1) is 22.6. The number of fused-ring (bicyclic) bond motifs is 1. The highest BCUT2D eigenvalue weighted by Gasteiger charge is 2.68. The summed E-state index contributed by atoms with van der Waals surface area (Å²) in [6, 6.07) is 6.36. The van der Waals surface area contributed by atoms with Gasteiger partial charge in [0.1, 0.15) is 17.0 Å². The number of hydrogen-bond acceptors (Lipinski definition) is 6. The Balaban J connectivity index is 0.922. The van der Waals surface area contributed by atoms with Crippen LogP contribution < -0.4 is 10.2 Å². The van der Waals surface area contributed by atoms with E-state index < -0.39 is 5.67 Å². The van der Waals surface area contributed by atoms with Crippen molar-refractivity contribution in [1.29, 1.82) is 0 Å². The molecular weight excluding hydrogens is 479 g/mol. The van der Waals surface area contributed by atoms with Gasteiger partial charge in [-0.25, -0.2) is 14.1 Å². The van der Waals surface area contributed by atoms with Crippen molar-refractivity contribution >= 4 is 11.3 Å². The van der Waals surface area contributed by atoms with Gasteiger partial charge in [-0.2, -0.15) is 0 Å². The van der Waals surface area contributed by atoms with Gasteiger partial charge in [0.15, 0.2) is 0 Å². The Hall–Kier alpha value is -3.33. The molecule has 5 heterocycles. The molecule has 0 amide bonds. The summed E-state index contributed by atoms with van der Waals surface area (Å²) in [5.41, 5.74) is 6.00. The zero-order chi connectivity index (χ0) is 25.4. The zero-order valence-electron chi connectivity index (χ0n) is 21.6. The third-order valence-electron chi connectivity index (χ3n) is 9.57. The molecule has 0 aromatic carbocycles. The molecule has 0 radical (unpaired) electrons. The van der Waals surface area contributed by atoms with E-state index >= 15 is 0 Å². The molecule has 4 saturated carbocycles. The highest BCUT2D eigenvalue weighted by Crippen LogP contribution is 2.69. The normalized spacial score (nSPS) is 26.9. The number of nitrogens with one attached hydrogen (secondary N) is 1. The summed E-state index contributed by atoms with van der Waals surface area (Å²) >= 11 is 0. The van der Waals surface area contributed by atoms with E-state index in [0.29, 0.717) is 12.0 Å². The van der Waals surface area contributed by atoms with Crippen molar-refractivity contribution in [3.63, 3.8) is 0 Å². The summed E-state index contributed by atoms with van der Waals surface area (Å²) in [5.74, 6) is 0. The molecule has 0 atom stereocenters. The average molecular weight is 513 g/mol. The molecule has 0 unspecified atom stereocenters. The van der Waals surface area contributed by atoms with Gasteiger partial charge in [-0.1, -0.05) is 17.7 Å². The first-order valence-electron chi connectivity index (χ1n) is 13.9. The van der Waals surface area contributed by atoms with E-state index in [4.69, 9.17) is 4.98 Å². The molecule has 4 aliphatic carbocycles. The Morgan fingerprint density at radius 2 is 1.92 bits per heavy atom. The molecule has 1 saturated heterocycles. The Kier molecular flexibility index (Phi) is 4.82. The van der Waals surface area contributed by atoms with Crippen LogP contribution in [0.25, 0.3) is 16.9 Å². The summed E-state index contributed by atoms with van der Waals surface area (Å²) in [4.78, 5) is 11.8. The molecular formula is C29H33FN8. The Morgan fingerprint density at radius 3 is 2.71 bits per heavy atom. The molecule has 9 heteroatoms. The number of nitrogens with zero attached hydrogens (tertiary/aromatic N) is 7. The maximum Gasteiger partial charge on any atom is 0.137 e. The summed E-state index contributed by atoms with van der Waals surface area (Å²) in [5, 5.41) is 12.3. The monoisotopic (exact) mass is 512 g/mol. The third kappa shape index (κ3) is 3.82. The second-order valence-electron chi connectivity index (χ2n) is 12.6. The van der Waals surface area contributed by atoms with E-state index in [-0.39, 0.29) is 5.41 Å². The van der Waals surface area contributed by atoms with Crippen LogP contribution in [-0.4, -0.2) is 54.7 Å². The molecule has 1 spiro atoms. The van der Waals surface area contributed by atoms with Gasteiger partial charge >= 0.3 is 0 Å². The summed E-state index contributed by atoms with van der Waals surface area (Å²) in [6.07, 6.45) is 17.6.